The van der Waals surface area contributed by atoms with Gasteiger partial charge in [0, 0.05) is 42.0 Å². The summed E-state index contributed by atoms with van der Waals surface area (Å²) in [4.78, 5) is 65.7. The number of thioether (sulfide) groups is 3. The highest BCUT2D eigenvalue weighted by atomic mass is 32.2. The number of amides is 2. The fourth-order valence-corrected chi connectivity index (χ4v) is 11.4. The Morgan fingerprint density at radius 1 is 0.437 bits per heavy atom. The Kier molecular flexibility index (Phi) is 53.4. The number of nitrogens with zero attached hydrogens (tertiary/aromatic N) is 1. The highest BCUT2D eigenvalue weighted by molar-refractivity contribution is 8.00. The zero-order valence-electron chi connectivity index (χ0n) is 46.4. The van der Waals surface area contributed by atoms with Crippen LogP contribution in [0.3, 0.4) is 0 Å². The van der Waals surface area contributed by atoms with E-state index in [1.165, 1.54) is 128 Å². The number of esters is 3. The summed E-state index contributed by atoms with van der Waals surface area (Å²) in [5.74, 6) is 2.85. The molecule has 0 aliphatic heterocycles. The second-order valence-corrected chi connectivity index (χ2v) is 23.7. The van der Waals surface area contributed by atoms with Crippen LogP contribution >= 0.6 is 35.3 Å². The van der Waals surface area contributed by atoms with Gasteiger partial charge in [-0.15, -0.1) is 0 Å². The fraction of sp³-hybridized carbons (Fsp3) is 0.912. The number of carbonyl (C=O) groups is 5. The molecular weight excluding hydrogens is 951 g/mol. The van der Waals surface area contributed by atoms with Crippen molar-refractivity contribution in [3.05, 3.63) is 0 Å². The molecule has 2 atom stereocenters. The normalized spacial score (nSPS) is 12.2. The minimum Gasteiger partial charge on any atom is -0.466 e. The van der Waals surface area contributed by atoms with Gasteiger partial charge in [-0.2, -0.15) is 35.3 Å². The molecule has 0 fully saturated rings. The average Bonchev–Trinajstić information content (AvgIpc) is 3.34. The third kappa shape index (κ3) is 51.6. The minimum absolute atomic E-state index is 0.121. The summed E-state index contributed by atoms with van der Waals surface area (Å²) in [5.41, 5.74) is 0. The van der Waals surface area contributed by atoms with Crippen molar-refractivity contribution in [2.24, 2.45) is 0 Å². The largest absolute Gasteiger partial charge is 0.466 e. The number of ether oxygens (including phenoxy) is 3. The smallest absolute Gasteiger partial charge is 0.306 e. The summed E-state index contributed by atoms with van der Waals surface area (Å²) >= 11 is 5.18. The standard InChI is InChI=1S/C57H109N3O8S3/c1-6-9-12-15-18-19-20-21-22-23-24-25-28-33-44-67-55(63)39-49-70-47-37-52(57(65)58-41-42-60(4)5)59-53(61)35-30-29-34-51(71-50-40-56(64)68-45-32-27-17-14-11-8-3)36-46-69-48-38-54(62)66-43-31-26-16-13-10-7-2/h51-52H,6-50H2,1-5H3,(H,58,65)(H,59,61). The van der Waals surface area contributed by atoms with Crippen LogP contribution in [-0.4, -0.2) is 122 Å². The fourth-order valence-electron chi connectivity index (χ4n) is 8.11. The van der Waals surface area contributed by atoms with Crippen molar-refractivity contribution >= 4 is 65.0 Å². The van der Waals surface area contributed by atoms with E-state index in [0.717, 1.165) is 69.3 Å². The number of unbranched alkanes of at least 4 members (excludes halogenated alkanes) is 24. The van der Waals surface area contributed by atoms with E-state index in [4.69, 9.17) is 14.2 Å². The van der Waals surface area contributed by atoms with Gasteiger partial charge in [0.1, 0.15) is 6.04 Å². The summed E-state index contributed by atoms with van der Waals surface area (Å²) in [6.07, 6.45) is 37.4. The van der Waals surface area contributed by atoms with Crippen LogP contribution in [0.5, 0.6) is 0 Å². The molecule has 0 bridgehead atoms. The zero-order valence-corrected chi connectivity index (χ0v) is 48.9. The van der Waals surface area contributed by atoms with Crippen molar-refractivity contribution in [1.82, 2.24) is 15.5 Å². The number of rotatable bonds is 55. The lowest BCUT2D eigenvalue weighted by atomic mass is 10.0. The van der Waals surface area contributed by atoms with Crippen LogP contribution in [0.1, 0.15) is 245 Å². The number of hydrogen-bond donors (Lipinski definition) is 2. The van der Waals surface area contributed by atoms with E-state index >= 15 is 0 Å². The van der Waals surface area contributed by atoms with E-state index in [9.17, 15) is 24.0 Å². The first-order chi connectivity index (χ1) is 34.6. The van der Waals surface area contributed by atoms with Crippen LogP contribution in [0.2, 0.25) is 0 Å². The van der Waals surface area contributed by atoms with Crippen LogP contribution in [0.4, 0.5) is 0 Å². The molecule has 0 rings (SSSR count). The van der Waals surface area contributed by atoms with Gasteiger partial charge in [0.15, 0.2) is 0 Å². The van der Waals surface area contributed by atoms with Crippen LogP contribution < -0.4 is 10.6 Å². The monoisotopic (exact) mass is 1060 g/mol. The molecule has 2 N–H and O–H groups in total. The molecular formula is C57H109N3O8S3. The Morgan fingerprint density at radius 2 is 0.831 bits per heavy atom. The van der Waals surface area contributed by atoms with Crippen molar-refractivity contribution in [1.29, 1.82) is 0 Å². The summed E-state index contributed by atoms with van der Waals surface area (Å²) in [7, 11) is 3.91. The van der Waals surface area contributed by atoms with Crippen molar-refractivity contribution in [2.45, 2.75) is 257 Å². The molecule has 0 aliphatic carbocycles. The Bertz CT molecular complexity index is 1250. The van der Waals surface area contributed by atoms with Crippen LogP contribution in [-0.2, 0) is 38.2 Å². The molecule has 0 aliphatic rings. The molecule has 2 amide bonds. The molecule has 418 valence electrons. The lowest BCUT2D eigenvalue weighted by Gasteiger charge is -2.20. The van der Waals surface area contributed by atoms with Gasteiger partial charge in [0.25, 0.3) is 0 Å². The first-order valence-corrected chi connectivity index (χ1v) is 32.4. The van der Waals surface area contributed by atoms with Crippen LogP contribution in [0, 0.1) is 0 Å². The maximum atomic E-state index is 13.2. The zero-order chi connectivity index (χ0) is 52.1. The summed E-state index contributed by atoms with van der Waals surface area (Å²) in [6, 6.07) is -0.640. The third-order valence-electron chi connectivity index (χ3n) is 12.7. The van der Waals surface area contributed by atoms with E-state index < -0.39 is 6.04 Å². The molecule has 11 nitrogen and oxygen atoms in total. The van der Waals surface area contributed by atoms with E-state index in [1.807, 2.05) is 19.0 Å². The minimum atomic E-state index is -0.640. The van der Waals surface area contributed by atoms with Crippen molar-refractivity contribution in [3.8, 4) is 0 Å². The number of nitrogens with one attached hydrogen (secondary N) is 2. The summed E-state index contributed by atoms with van der Waals surface area (Å²) in [5, 5.41) is 6.32. The third-order valence-corrected chi connectivity index (χ3v) is 16.1. The molecule has 0 saturated carbocycles. The van der Waals surface area contributed by atoms with Crippen LogP contribution in [0.25, 0.3) is 0 Å². The SMILES string of the molecule is CCCCCCCCCCCCCCCCOC(=O)CCSCCC(NC(=O)CCCCC(CCSCCC(=O)OCCCCCCCC)SCCC(=O)OCCCCCCCC)C(=O)NCCN(C)C. The van der Waals surface area contributed by atoms with E-state index in [-0.39, 0.29) is 29.7 Å². The number of carbonyl (C=O) groups excluding carboxylic acids is 5. The molecule has 0 heterocycles. The highest BCUT2D eigenvalue weighted by Gasteiger charge is 2.21. The highest BCUT2D eigenvalue weighted by Crippen LogP contribution is 2.25. The average molecular weight is 1060 g/mol. The Morgan fingerprint density at radius 3 is 1.25 bits per heavy atom. The molecule has 0 aromatic rings. The van der Waals surface area contributed by atoms with E-state index in [0.29, 0.717) is 93.9 Å². The van der Waals surface area contributed by atoms with Crippen molar-refractivity contribution in [3.63, 3.8) is 0 Å². The van der Waals surface area contributed by atoms with Gasteiger partial charge < -0.3 is 29.7 Å². The maximum Gasteiger partial charge on any atom is 0.306 e. The van der Waals surface area contributed by atoms with Crippen molar-refractivity contribution in [2.75, 3.05) is 75.8 Å². The summed E-state index contributed by atoms with van der Waals surface area (Å²) in [6.45, 7) is 9.37. The second kappa shape index (κ2) is 54.6. The molecule has 0 aromatic carbocycles. The second-order valence-electron chi connectivity index (χ2n) is 19.8. The van der Waals surface area contributed by atoms with Gasteiger partial charge in [0.05, 0.1) is 39.1 Å². The first-order valence-electron chi connectivity index (χ1n) is 29.1. The lowest BCUT2D eigenvalue weighted by Crippen LogP contribution is -2.48. The molecule has 2 unspecified atom stereocenters. The summed E-state index contributed by atoms with van der Waals surface area (Å²) < 4.78 is 16.5. The number of likely N-dealkylation sites (N-methyl/N-ethyl adjacent to an activating group) is 1. The van der Waals surface area contributed by atoms with Gasteiger partial charge in [-0.1, -0.05) is 175 Å². The molecule has 0 aromatic heterocycles. The van der Waals surface area contributed by atoms with E-state index in [1.54, 1.807) is 35.3 Å². The topological polar surface area (TPSA) is 140 Å². The molecule has 0 radical (unpaired) electrons. The Balaban J connectivity index is 4.73. The molecule has 71 heavy (non-hydrogen) atoms. The predicted molar refractivity (Wildman–Crippen MR) is 306 cm³/mol. The van der Waals surface area contributed by atoms with Gasteiger partial charge in [-0.3, -0.25) is 24.0 Å². The lowest BCUT2D eigenvalue weighted by molar-refractivity contribution is -0.144. The maximum absolute atomic E-state index is 13.2. The predicted octanol–water partition coefficient (Wildman–Crippen LogP) is 14.1. The van der Waals surface area contributed by atoms with Crippen LogP contribution in [0.15, 0.2) is 0 Å². The Labute approximate surface area is 449 Å². The molecule has 0 spiro atoms. The van der Waals surface area contributed by atoms with Gasteiger partial charge in [-0.25, -0.2) is 0 Å². The van der Waals surface area contributed by atoms with Crippen molar-refractivity contribution < 1.29 is 38.2 Å². The number of hydrogen-bond acceptors (Lipinski definition) is 12. The van der Waals surface area contributed by atoms with Gasteiger partial charge in [-0.05, 0) is 70.5 Å². The van der Waals surface area contributed by atoms with Gasteiger partial charge in [0.2, 0.25) is 11.8 Å². The van der Waals surface area contributed by atoms with E-state index in [2.05, 4.69) is 31.4 Å². The molecule has 0 saturated heterocycles. The molecule has 14 heteroatoms. The van der Waals surface area contributed by atoms with Gasteiger partial charge >= 0.3 is 17.9 Å². The quantitative estimate of drug-likeness (QED) is 0.0340. The first kappa shape index (κ1) is 69.4. The Hall–Kier alpha value is -1.64.